The molecule has 0 unspecified atom stereocenters. The number of carbonyl (C=O) groups is 2. The van der Waals surface area contributed by atoms with Gasteiger partial charge in [0, 0.05) is 36.9 Å². The lowest BCUT2D eigenvalue weighted by Gasteiger charge is -2.12. The molecule has 1 heterocycles. The highest BCUT2D eigenvalue weighted by molar-refractivity contribution is 9.10. The van der Waals surface area contributed by atoms with Crippen molar-refractivity contribution in [2.24, 2.45) is 0 Å². The molecule has 7 heteroatoms. The monoisotopic (exact) mass is 356 g/mol. The largest absolute Gasteiger partial charge is 0.452 e. The van der Waals surface area contributed by atoms with Crippen LogP contribution < -0.4 is 9.62 Å². The van der Waals surface area contributed by atoms with Gasteiger partial charge in [-0.1, -0.05) is 12.8 Å². The molecule has 1 aromatic heterocycles. The van der Waals surface area contributed by atoms with Gasteiger partial charge in [-0.3, -0.25) is 9.59 Å². The number of hydrogen-bond acceptors (Lipinski definition) is 5. The van der Waals surface area contributed by atoms with Gasteiger partial charge in [0.05, 0.1) is 11.3 Å². The lowest BCUT2D eigenvalue weighted by molar-refractivity contribution is 0.0937. The number of rotatable bonds is 3. The average Bonchev–Trinajstić information content (AvgIpc) is 2.75. The third-order valence-electron chi connectivity index (χ3n) is 2.88. The highest BCUT2D eigenvalue weighted by Crippen LogP contribution is 2.35. The molecular formula is C13H13BrN2O3S. The molecule has 0 radical (unpaired) electrons. The number of benzene rings is 1. The zero-order valence-corrected chi connectivity index (χ0v) is 13.6. The SMILES string of the molecule is CNC(=O)c1c(C(C)=O)oc2cc(N(C)S)c(Br)cc12. The highest BCUT2D eigenvalue weighted by atomic mass is 79.9. The molecule has 0 spiro atoms. The molecule has 0 aliphatic heterocycles. The molecule has 20 heavy (non-hydrogen) atoms. The Labute approximate surface area is 130 Å². The molecule has 0 atom stereocenters. The van der Waals surface area contributed by atoms with Crippen LogP contribution in [0, 0.1) is 0 Å². The average molecular weight is 357 g/mol. The number of anilines is 1. The number of carbonyl (C=O) groups excluding carboxylic acids is 2. The van der Waals surface area contributed by atoms with Crippen LogP contribution in [-0.2, 0) is 0 Å². The minimum absolute atomic E-state index is 0.0604. The second-order valence-electron chi connectivity index (χ2n) is 4.26. The normalized spacial score (nSPS) is 10.7. The van der Waals surface area contributed by atoms with E-state index >= 15 is 0 Å². The second-order valence-corrected chi connectivity index (χ2v) is 5.72. The summed E-state index contributed by atoms with van der Waals surface area (Å²) >= 11 is 7.65. The van der Waals surface area contributed by atoms with Crippen molar-refractivity contribution in [3.63, 3.8) is 0 Å². The van der Waals surface area contributed by atoms with E-state index in [0.717, 1.165) is 10.2 Å². The molecule has 0 aliphatic carbocycles. The summed E-state index contributed by atoms with van der Waals surface area (Å²) in [5, 5.41) is 3.10. The molecule has 106 valence electrons. The highest BCUT2D eigenvalue weighted by Gasteiger charge is 2.24. The Morgan fingerprint density at radius 3 is 2.55 bits per heavy atom. The van der Waals surface area contributed by atoms with Crippen molar-refractivity contribution < 1.29 is 14.0 Å². The van der Waals surface area contributed by atoms with Crippen molar-refractivity contribution in [3.05, 3.63) is 27.9 Å². The number of furan rings is 1. The van der Waals surface area contributed by atoms with Crippen molar-refractivity contribution in [1.29, 1.82) is 0 Å². The first kappa shape index (κ1) is 14.9. The van der Waals surface area contributed by atoms with Gasteiger partial charge in [0.15, 0.2) is 11.5 Å². The van der Waals surface area contributed by atoms with E-state index in [1.54, 1.807) is 23.5 Å². The quantitative estimate of drug-likeness (QED) is 0.655. The summed E-state index contributed by atoms with van der Waals surface area (Å²) in [4.78, 5) is 23.6. The molecule has 1 amide bonds. The van der Waals surface area contributed by atoms with Gasteiger partial charge in [0.2, 0.25) is 0 Å². The second kappa shape index (κ2) is 5.49. The summed E-state index contributed by atoms with van der Waals surface area (Å²) < 4.78 is 7.90. The van der Waals surface area contributed by atoms with Gasteiger partial charge in [-0.05, 0) is 22.0 Å². The van der Waals surface area contributed by atoms with Crippen LogP contribution in [0.2, 0.25) is 0 Å². The zero-order chi connectivity index (χ0) is 15.0. The van der Waals surface area contributed by atoms with Crippen LogP contribution in [-0.4, -0.2) is 25.8 Å². The maximum atomic E-state index is 12.0. The molecule has 5 nitrogen and oxygen atoms in total. The minimum atomic E-state index is -0.354. The summed E-state index contributed by atoms with van der Waals surface area (Å²) in [6.07, 6.45) is 0. The summed E-state index contributed by atoms with van der Waals surface area (Å²) in [6.45, 7) is 1.37. The van der Waals surface area contributed by atoms with Crippen LogP contribution in [0.15, 0.2) is 21.0 Å². The number of Topliss-reactive ketones (excluding diaryl/α,β-unsaturated/α-hetero) is 1. The number of nitrogens with one attached hydrogen (secondary N) is 1. The Balaban J connectivity index is 2.82. The predicted molar refractivity (Wildman–Crippen MR) is 84.7 cm³/mol. The van der Waals surface area contributed by atoms with Gasteiger partial charge in [0.1, 0.15) is 5.58 Å². The van der Waals surface area contributed by atoms with Crippen LogP contribution in [0.25, 0.3) is 11.0 Å². The van der Waals surface area contributed by atoms with Crippen LogP contribution in [0.3, 0.4) is 0 Å². The molecule has 0 bridgehead atoms. The third kappa shape index (κ3) is 2.43. The van der Waals surface area contributed by atoms with Gasteiger partial charge in [-0.25, -0.2) is 0 Å². The van der Waals surface area contributed by atoms with Crippen LogP contribution in [0.4, 0.5) is 5.69 Å². The summed E-state index contributed by atoms with van der Waals surface area (Å²) in [6, 6.07) is 3.48. The Morgan fingerprint density at radius 2 is 2.05 bits per heavy atom. The van der Waals surface area contributed by atoms with Crippen molar-refractivity contribution in [1.82, 2.24) is 5.32 Å². The fourth-order valence-electron chi connectivity index (χ4n) is 1.95. The van der Waals surface area contributed by atoms with Crippen LogP contribution >= 0.6 is 28.7 Å². The van der Waals surface area contributed by atoms with Gasteiger partial charge in [-0.2, -0.15) is 0 Å². The Bertz CT molecular complexity index is 709. The van der Waals surface area contributed by atoms with E-state index in [9.17, 15) is 9.59 Å². The molecule has 1 aromatic carbocycles. The van der Waals surface area contributed by atoms with Crippen LogP contribution in [0.1, 0.15) is 27.8 Å². The van der Waals surface area contributed by atoms with Crippen molar-refractivity contribution in [3.8, 4) is 0 Å². The number of nitrogens with zero attached hydrogens (tertiary/aromatic N) is 1. The lowest BCUT2D eigenvalue weighted by atomic mass is 10.1. The maximum Gasteiger partial charge on any atom is 0.255 e. The van der Waals surface area contributed by atoms with E-state index in [2.05, 4.69) is 34.1 Å². The first-order valence-corrected chi connectivity index (χ1v) is 6.97. The van der Waals surface area contributed by atoms with Gasteiger partial charge in [0.25, 0.3) is 5.91 Å². The van der Waals surface area contributed by atoms with Gasteiger partial charge < -0.3 is 14.0 Å². The Morgan fingerprint density at radius 1 is 1.40 bits per heavy atom. The van der Waals surface area contributed by atoms with Gasteiger partial charge >= 0.3 is 0 Å². The predicted octanol–water partition coefficient (Wildman–Crippen LogP) is 3.04. The molecule has 0 aliphatic rings. The molecular weight excluding hydrogens is 344 g/mol. The van der Waals surface area contributed by atoms with E-state index in [-0.39, 0.29) is 23.0 Å². The molecule has 0 saturated heterocycles. The molecule has 2 aromatic rings. The van der Waals surface area contributed by atoms with E-state index in [4.69, 9.17) is 4.42 Å². The standard InChI is InChI=1S/C13H13BrN2O3S/c1-6(17)12-11(13(18)15-2)7-4-8(14)9(16(3)20)5-10(7)19-12/h4-5,20H,1-3H3,(H,15,18). The van der Waals surface area contributed by atoms with E-state index in [0.29, 0.717) is 11.0 Å². The number of thiol groups is 1. The van der Waals surface area contributed by atoms with Crippen LogP contribution in [0.5, 0.6) is 0 Å². The number of ketones is 1. The summed E-state index contributed by atoms with van der Waals surface area (Å²) in [5.74, 6) is -0.588. The lowest BCUT2D eigenvalue weighted by Crippen LogP contribution is -2.19. The maximum absolute atomic E-state index is 12.0. The minimum Gasteiger partial charge on any atom is -0.452 e. The van der Waals surface area contributed by atoms with Crippen molar-refractivity contribution in [2.75, 3.05) is 18.4 Å². The number of halogens is 1. The first-order chi connectivity index (χ1) is 9.36. The molecule has 0 fully saturated rings. The molecule has 0 saturated carbocycles. The zero-order valence-electron chi connectivity index (χ0n) is 11.2. The third-order valence-corrected chi connectivity index (χ3v) is 3.73. The van der Waals surface area contributed by atoms with E-state index in [1.165, 1.54) is 14.0 Å². The number of fused-ring (bicyclic) bond motifs is 1. The Kier molecular flexibility index (Phi) is 4.10. The fraction of sp³-hybridized carbons (Fsp3) is 0.231. The van der Waals surface area contributed by atoms with Gasteiger partial charge in [-0.15, -0.1) is 0 Å². The van der Waals surface area contributed by atoms with E-state index in [1.807, 2.05) is 0 Å². The molecule has 1 N–H and O–H groups in total. The number of hydrogen-bond donors (Lipinski definition) is 2. The molecule has 2 rings (SSSR count). The summed E-state index contributed by atoms with van der Waals surface area (Å²) in [7, 11) is 3.28. The van der Waals surface area contributed by atoms with Crippen molar-refractivity contribution in [2.45, 2.75) is 6.92 Å². The first-order valence-electron chi connectivity index (χ1n) is 5.78. The fourth-order valence-corrected chi connectivity index (χ4v) is 2.86. The summed E-state index contributed by atoms with van der Waals surface area (Å²) in [5.41, 5.74) is 1.49. The number of amides is 1. The van der Waals surface area contributed by atoms with Crippen molar-refractivity contribution >= 4 is 57.1 Å². The smallest absolute Gasteiger partial charge is 0.255 e. The van der Waals surface area contributed by atoms with E-state index < -0.39 is 0 Å². The Hall–Kier alpha value is -1.47. The topological polar surface area (TPSA) is 62.6 Å².